The third kappa shape index (κ3) is 2.94. The van der Waals surface area contributed by atoms with Crippen molar-refractivity contribution in [2.24, 2.45) is 0 Å². The Morgan fingerprint density at radius 3 is 1.89 bits per heavy atom. The van der Waals surface area contributed by atoms with Crippen molar-refractivity contribution in [2.45, 2.75) is 19.4 Å². The molecule has 3 aromatic rings. The van der Waals surface area contributed by atoms with Crippen molar-refractivity contribution in [3.8, 4) is 5.75 Å². The normalized spacial score (nSPS) is 12.6. The van der Waals surface area contributed by atoms with Gasteiger partial charge in [0.2, 0.25) is 0 Å². The summed E-state index contributed by atoms with van der Waals surface area (Å²) >= 11 is 0. The van der Waals surface area contributed by atoms with Crippen molar-refractivity contribution in [3.63, 3.8) is 0 Å². The second-order valence-corrected chi connectivity index (χ2v) is 6.67. The van der Waals surface area contributed by atoms with Crippen LogP contribution in [0.25, 0.3) is 0 Å². The summed E-state index contributed by atoms with van der Waals surface area (Å²) in [5.74, 6) is -0.692. The van der Waals surface area contributed by atoms with E-state index in [1.807, 2.05) is 24.3 Å². The minimum Gasteiger partial charge on any atom is -0.507 e. The Hall–Kier alpha value is -3.24. The molecular weight excluding hydrogens is 340 g/mol. The predicted octanol–water partition coefficient (Wildman–Crippen LogP) is 3.45. The number of benzene rings is 3. The summed E-state index contributed by atoms with van der Waals surface area (Å²) in [5, 5.41) is 19.4. The van der Waals surface area contributed by atoms with E-state index in [4.69, 9.17) is 5.11 Å². The second-order valence-electron chi connectivity index (χ2n) is 6.67. The summed E-state index contributed by atoms with van der Waals surface area (Å²) in [7, 11) is 0. The van der Waals surface area contributed by atoms with Crippen LogP contribution in [0.5, 0.6) is 5.75 Å². The van der Waals surface area contributed by atoms with E-state index < -0.39 is 0 Å². The fraction of sp³-hybridized carbons (Fsp3) is 0.130. The SMILES string of the molecule is O=C1c2ccccc2C(=O)c2c(CCc3ccc(CO)cc3)ccc(O)c21. The van der Waals surface area contributed by atoms with Crippen LogP contribution in [0, 0.1) is 0 Å². The number of aromatic hydroxyl groups is 1. The van der Waals surface area contributed by atoms with Gasteiger partial charge in [0.25, 0.3) is 0 Å². The van der Waals surface area contributed by atoms with Crippen molar-refractivity contribution in [3.05, 3.63) is 99.6 Å². The lowest BCUT2D eigenvalue weighted by atomic mass is 9.80. The summed E-state index contributed by atoms with van der Waals surface area (Å²) in [6.45, 7) is 0.00176. The molecule has 134 valence electrons. The van der Waals surface area contributed by atoms with Gasteiger partial charge in [0.15, 0.2) is 11.6 Å². The molecule has 0 atom stereocenters. The molecule has 0 spiro atoms. The minimum atomic E-state index is -0.313. The number of rotatable bonds is 4. The summed E-state index contributed by atoms with van der Waals surface area (Å²) in [5.41, 5.74) is 3.80. The molecule has 0 unspecified atom stereocenters. The van der Waals surface area contributed by atoms with E-state index in [1.165, 1.54) is 6.07 Å². The molecule has 0 aliphatic heterocycles. The summed E-state index contributed by atoms with van der Waals surface area (Å²) in [4.78, 5) is 25.9. The topological polar surface area (TPSA) is 74.6 Å². The molecule has 0 saturated carbocycles. The van der Waals surface area contributed by atoms with Crippen LogP contribution < -0.4 is 0 Å². The number of hydrogen-bond donors (Lipinski definition) is 2. The van der Waals surface area contributed by atoms with E-state index in [2.05, 4.69) is 0 Å². The first kappa shape index (κ1) is 17.2. The molecule has 0 amide bonds. The second kappa shape index (κ2) is 6.82. The van der Waals surface area contributed by atoms with Crippen LogP contribution in [0.1, 0.15) is 48.5 Å². The van der Waals surface area contributed by atoms with Crippen LogP contribution in [0.15, 0.2) is 60.7 Å². The number of hydrogen-bond acceptors (Lipinski definition) is 4. The Kier molecular flexibility index (Phi) is 4.34. The van der Waals surface area contributed by atoms with Crippen LogP contribution in [-0.2, 0) is 19.4 Å². The maximum atomic E-state index is 13.0. The van der Waals surface area contributed by atoms with E-state index in [1.54, 1.807) is 30.3 Å². The van der Waals surface area contributed by atoms with E-state index >= 15 is 0 Å². The van der Waals surface area contributed by atoms with Gasteiger partial charge in [-0.3, -0.25) is 9.59 Å². The number of aliphatic hydroxyl groups is 1. The zero-order chi connectivity index (χ0) is 19.0. The van der Waals surface area contributed by atoms with Crippen molar-refractivity contribution in [1.82, 2.24) is 0 Å². The molecule has 4 nitrogen and oxygen atoms in total. The number of aliphatic hydroxyl groups excluding tert-OH is 1. The lowest BCUT2D eigenvalue weighted by Gasteiger charge is -2.21. The highest BCUT2D eigenvalue weighted by atomic mass is 16.3. The average molecular weight is 358 g/mol. The van der Waals surface area contributed by atoms with Gasteiger partial charge in [0.05, 0.1) is 12.2 Å². The summed E-state index contributed by atoms with van der Waals surface area (Å²) in [6.07, 6.45) is 1.26. The average Bonchev–Trinajstić information content (AvgIpc) is 2.71. The highest BCUT2D eigenvalue weighted by Crippen LogP contribution is 2.35. The van der Waals surface area contributed by atoms with E-state index in [9.17, 15) is 14.7 Å². The highest BCUT2D eigenvalue weighted by Gasteiger charge is 2.33. The number of carbonyl (C=O) groups is 2. The van der Waals surface area contributed by atoms with E-state index in [0.29, 0.717) is 29.5 Å². The molecule has 0 saturated heterocycles. The molecule has 1 aliphatic carbocycles. The van der Waals surface area contributed by atoms with Crippen molar-refractivity contribution >= 4 is 11.6 Å². The van der Waals surface area contributed by atoms with Gasteiger partial charge in [-0.2, -0.15) is 0 Å². The lowest BCUT2D eigenvalue weighted by Crippen LogP contribution is -2.23. The van der Waals surface area contributed by atoms with Crippen molar-refractivity contribution in [1.29, 1.82) is 0 Å². The van der Waals surface area contributed by atoms with Gasteiger partial charge < -0.3 is 10.2 Å². The zero-order valence-corrected chi connectivity index (χ0v) is 14.6. The molecule has 0 bridgehead atoms. The monoisotopic (exact) mass is 358 g/mol. The first-order chi connectivity index (χ1) is 13.1. The number of carbonyl (C=O) groups excluding carboxylic acids is 2. The molecule has 0 fully saturated rings. The van der Waals surface area contributed by atoms with Gasteiger partial charge in [-0.1, -0.05) is 54.6 Å². The molecule has 3 aromatic carbocycles. The Labute approximate surface area is 156 Å². The third-order valence-electron chi connectivity index (χ3n) is 5.03. The summed E-state index contributed by atoms with van der Waals surface area (Å²) < 4.78 is 0. The Balaban J connectivity index is 1.71. The minimum absolute atomic E-state index is 0.00176. The largest absolute Gasteiger partial charge is 0.507 e. The molecule has 2 N–H and O–H groups in total. The van der Waals surface area contributed by atoms with Gasteiger partial charge in [-0.15, -0.1) is 0 Å². The lowest BCUT2D eigenvalue weighted by molar-refractivity contribution is 0.0976. The highest BCUT2D eigenvalue weighted by molar-refractivity contribution is 6.29. The molecular formula is C23H18O4. The van der Waals surface area contributed by atoms with E-state index in [0.717, 1.165) is 16.7 Å². The standard InChI is InChI=1S/C23H18O4/c24-13-15-7-5-14(6-8-15)9-10-16-11-12-19(25)21-20(16)22(26)17-3-1-2-4-18(17)23(21)27/h1-8,11-12,24-25H,9-10,13H2. The first-order valence-corrected chi connectivity index (χ1v) is 8.82. The van der Waals surface area contributed by atoms with Crippen LogP contribution in [0.4, 0.5) is 0 Å². The Morgan fingerprint density at radius 2 is 1.26 bits per heavy atom. The molecule has 0 aromatic heterocycles. The molecule has 0 radical (unpaired) electrons. The summed E-state index contributed by atoms with van der Waals surface area (Å²) in [6, 6.07) is 17.6. The molecule has 27 heavy (non-hydrogen) atoms. The van der Waals surface area contributed by atoms with Crippen molar-refractivity contribution in [2.75, 3.05) is 0 Å². The number of fused-ring (bicyclic) bond motifs is 2. The molecule has 1 aliphatic rings. The third-order valence-corrected chi connectivity index (χ3v) is 5.03. The quantitative estimate of drug-likeness (QED) is 0.586. The Morgan fingerprint density at radius 1 is 0.667 bits per heavy atom. The van der Waals surface area contributed by atoms with Gasteiger partial charge in [0.1, 0.15) is 5.75 Å². The van der Waals surface area contributed by atoms with Crippen LogP contribution >= 0.6 is 0 Å². The zero-order valence-electron chi connectivity index (χ0n) is 14.6. The number of phenols is 1. The maximum Gasteiger partial charge on any atom is 0.198 e. The number of ketones is 2. The van der Waals surface area contributed by atoms with Gasteiger partial charge >= 0.3 is 0 Å². The van der Waals surface area contributed by atoms with Crippen LogP contribution in [0.2, 0.25) is 0 Å². The van der Waals surface area contributed by atoms with E-state index in [-0.39, 0.29) is 29.5 Å². The van der Waals surface area contributed by atoms with Gasteiger partial charge in [-0.05, 0) is 35.6 Å². The predicted molar refractivity (Wildman–Crippen MR) is 101 cm³/mol. The van der Waals surface area contributed by atoms with Gasteiger partial charge in [0, 0.05) is 16.7 Å². The van der Waals surface area contributed by atoms with Gasteiger partial charge in [-0.25, -0.2) is 0 Å². The molecule has 4 rings (SSSR count). The smallest absolute Gasteiger partial charge is 0.198 e. The van der Waals surface area contributed by atoms with Crippen LogP contribution in [-0.4, -0.2) is 21.8 Å². The Bertz CT molecular complexity index is 1050. The first-order valence-electron chi connectivity index (χ1n) is 8.82. The fourth-order valence-electron chi connectivity index (χ4n) is 3.57. The number of aryl methyl sites for hydroxylation is 2. The van der Waals surface area contributed by atoms with Crippen LogP contribution in [0.3, 0.4) is 0 Å². The maximum absolute atomic E-state index is 13.0. The van der Waals surface area contributed by atoms with Crippen molar-refractivity contribution < 1.29 is 19.8 Å². The number of phenolic OH excluding ortho intramolecular Hbond substituents is 1. The molecule has 4 heteroatoms. The fourth-order valence-corrected chi connectivity index (χ4v) is 3.57. The molecule has 0 heterocycles.